The highest BCUT2D eigenvalue weighted by Crippen LogP contribution is 2.38. The van der Waals surface area contributed by atoms with Crippen molar-refractivity contribution >= 4 is 39.9 Å². The van der Waals surface area contributed by atoms with Gasteiger partial charge in [0.05, 0.1) is 22.8 Å². The van der Waals surface area contributed by atoms with Crippen LogP contribution in [0, 0.1) is 0 Å². The summed E-state index contributed by atoms with van der Waals surface area (Å²) in [4.78, 5) is 17.4. The third kappa shape index (κ3) is 3.17. The van der Waals surface area contributed by atoms with E-state index in [9.17, 15) is 4.79 Å². The van der Waals surface area contributed by atoms with Gasteiger partial charge in [0.2, 0.25) is 0 Å². The lowest BCUT2D eigenvalue weighted by Gasteiger charge is -2.19. The van der Waals surface area contributed by atoms with Crippen molar-refractivity contribution in [2.45, 2.75) is 13.0 Å². The molecule has 1 amide bonds. The van der Waals surface area contributed by atoms with Crippen molar-refractivity contribution in [3.05, 3.63) is 77.2 Å². The molecule has 0 aliphatic carbocycles. The molecule has 1 unspecified atom stereocenters. The number of hydrogen-bond donors (Lipinski definition) is 3. The Morgan fingerprint density at radius 1 is 1.26 bits per heavy atom. The number of H-pyrrole nitrogens is 1. The Labute approximate surface area is 182 Å². The maximum Gasteiger partial charge on any atom is 0.259 e. The van der Waals surface area contributed by atoms with Gasteiger partial charge in [-0.25, -0.2) is 9.50 Å². The number of aromatic nitrogens is 5. The Morgan fingerprint density at radius 3 is 2.87 bits per heavy atom. The number of hydrogen-bond acceptors (Lipinski definition) is 5. The molecule has 0 aliphatic heterocycles. The predicted molar refractivity (Wildman–Crippen MR) is 120 cm³/mol. The van der Waals surface area contributed by atoms with Gasteiger partial charge < -0.3 is 11.1 Å². The highest BCUT2D eigenvalue weighted by molar-refractivity contribution is 6.36. The standard InChI is InChI=1S/C22H18ClN7O/c1-12(27-22(31)18-20(24)29-30-9-5-8-25-21(18)30)14-10-16(23)15-11-26-28-19(15)17(14)13-6-3-2-4-7-13/h2-12H,1H3,(H2,24,29)(H,26,28)(H,27,31). The predicted octanol–water partition coefficient (Wildman–Crippen LogP) is 4.00. The molecular formula is C22H18ClN7O. The summed E-state index contributed by atoms with van der Waals surface area (Å²) in [5.41, 5.74) is 10.2. The van der Waals surface area contributed by atoms with Crippen LogP contribution in [0.25, 0.3) is 27.7 Å². The molecule has 31 heavy (non-hydrogen) atoms. The highest BCUT2D eigenvalue weighted by atomic mass is 35.5. The largest absolute Gasteiger partial charge is 0.381 e. The van der Waals surface area contributed by atoms with Gasteiger partial charge in [0, 0.05) is 23.3 Å². The van der Waals surface area contributed by atoms with Crippen molar-refractivity contribution in [3.8, 4) is 11.1 Å². The van der Waals surface area contributed by atoms with E-state index in [0.29, 0.717) is 10.7 Å². The summed E-state index contributed by atoms with van der Waals surface area (Å²) in [6.07, 6.45) is 4.98. The Balaban J connectivity index is 1.59. The number of carbonyl (C=O) groups excluding carboxylic acids is 1. The summed E-state index contributed by atoms with van der Waals surface area (Å²) >= 11 is 6.53. The van der Waals surface area contributed by atoms with Gasteiger partial charge >= 0.3 is 0 Å². The average molecular weight is 432 g/mol. The molecule has 9 heteroatoms. The molecule has 0 bridgehead atoms. The van der Waals surface area contributed by atoms with E-state index in [4.69, 9.17) is 17.3 Å². The van der Waals surface area contributed by atoms with Crippen LogP contribution in [0.1, 0.15) is 28.9 Å². The van der Waals surface area contributed by atoms with Crippen LogP contribution in [0.4, 0.5) is 5.82 Å². The van der Waals surface area contributed by atoms with E-state index < -0.39 is 0 Å². The van der Waals surface area contributed by atoms with Crippen molar-refractivity contribution in [1.82, 2.24) is 30.1 Å². The van der Waals surface area contributed by atoms with E-state index in [2.05, 4.69) is 25.6 Å². The van der Waals surface area contributed by atoms with Gasteiger partial charge in [0.25, 0.3) is 5.91 Å². The van der Waals surface area contributed by atoms with Gasteiger partial charge in [-0.2, -0.15) is 5.10 Å². The molecule has 4 N–H and O–H groups in total. The lowest BCUT2D eigenvalue weighted by atomic mass is 9.93. The quantitative estimate of drug-likeness (QED) is 0.398. The van der Waals surface area contributed by atoms with Crippen LogP contribution in [0.15, 0.2) is 61.1 Å². The molecule has 3 aromatic heterocycles. The van der Waals surface area contributed by atoms with E-state index in [1.165, 1.54) is 4.52 Å². The molecule has 0 radical (unpaired) electrons. The molecule has 0 spiro atoms. The Hall–Kier alpha value is -3.91. The number of nitrogens with two attached hydrogens (primary N) is 1. The van der Waals surface area contributed by atoms with Crippen LogP contribution in [0.3, 0.4) is 0 Å². The summed E-state index contributed by atoms with van der Waals surface area (Å²) in [6, 6.07) is 13.1. The van der Waals surface area contributed by atoms with Crippen LogP contribution in [0.2, 0.25) is 5.02 Å². The second kappa shape index (κ2) is 7.41. The van der Waals surface area contributed by atoms with Crippen molar-refractivity contribution in [2.24, 2.45) is 0 Å². The van der Waals surface area contributed by atoms with Crippen molar-refractivity contribution in [2.75, 3.05) is 5.73 Å². The third-order valence-electron chi connectivity index (χ3n) is 5.24. The molecule has 0 saturated carbocycles. The van der Waals surface area contributed by atoms with Gasteiger partial charge in [-0.1, -0.05) is 41.9 Å². The summed E-state index contributed by atoms with van der Waals surface area (Å²) in [6.45, 7) is 1.90. The van der Waals surface area contributed by atoms with Gasteiger partial charge in [0.1, 0.15) is 5.56 Å². The fourth-order valence-electron chi connectivity index (χ4n) is 3.81. The highest BCUT2D eigenvalue weighted by Gasteiger charge is 2.24. The SMILES string of the molecule is CC(NC(=O)c1c(N)nn2cccnc12)c1cc(Cl)c2cn[nH]c2c1-c1ccccc1. The Bertz CT molecular complexity index is 1420. The molecule has 0 fully saturated rings. The summed E-state index contributed by atoms with van der Waals surface area (Å²) in [5, 5.41) is 15.8. The number of amides is 1. The van der Waals surface area contributed by atoms with E-state index >= 15 is 0 Å². The lowest BCUT2D eigenvalue weighted by Crippen LogP contribution is -2.27. The number of anilines is 1. The average Bonchev–Trinajstić information content (AvgIpc) is 3.38. The number of aromatic amines is 1. The first kappa shape index (κ1) is 19.1. The van der Waals surface area contributed by atoms with Gasteiger partial charge in [-0.05, 0) is 30.2 Å². The molecule has 0 aliphatic rings. The first-order chi connectivity index (χ1) is 15.0. The molecule has 154 valence electrons. The molecule has 5 rings (SSSR count). The smallest absolute Gasteiger partial charge is 0.259 e. The first-order valence-corrected chi connectivity index (χ1v) is 10.0. The van der Waals surface area contributed by atoms with Crippen molar-refractivity contribution in [1.29, 1.82) is 0 Å². The molecule has 8 nitrogen and oxygen atoms in total. The lowest BCUT2D eigenvalue weighted by molar-refractivity contribution is 0.0942. The van der Waals surface area contributed by atoms with Crippen LogP contribution in [-0.4, -0.2) is 30.7 Å². The molecule has 2 aromatic carbocycles. The van der Waals surface area contributed by atoms with Crippen LogP contribution >= 0.6 is 11.6 Å². The second-order valence-corrected chi connectivity index (χ2v) is 7.60. The normalized spacial score (nSPS) is 12.3. The Morgan fingerprint density at radius 2 is 2.06 bits per heavy atom. The maximum absolute atomic E-state index is 13.1. The number of halogens is 1. The zero-order valence-electron chi connectivity index (χ0n) is 16.5. The molecule has 0 saturated heterocycles. The van der Waals surface area contributed by atoms with Crippen LogP contribution in [-0.2, 0) is 0 Å². The number of rotatable bonds is 4. The summed E-state index contributed by atoms with van der Waals surface area (Å²) < 4.78 is 1.48. The van der Waals surface area contributed by atoms with Gasteiger partial charge in [-0.15, -0.1) is 5.10 Å². The van der Waals surface area contributed by atoms with E-state index in [0.717, 1.165) is 27.6 Å². The summed E-state index contributed by atoms with van der Waals surface area (Å²) in [5.74, 6) is -0.243. The number of nitrogen functional groups attached to an aromatic ring is 1. The number of benzene rings is 2. The van der Waals surface area contributed by atoms with Crippen molar-refractivity contribution < 1.29 is 4.79 Å². The number of nitrogens with one attached hydrogen (secondary N) is 2. The third-order valence-corrected chi connectivity index (χ3v) is 5.56. The minimum Gasteiger partial charge on any atom is -0.381 e. The van der Waals surface area contributed by atoms with Crippen molar-refractivity contribution in [3.63, 3.8) is 0 Å². The van der Waals surface area contributed by atoms with Gasteiger partial charge in [0.15, 0.2) is 11.5 Å². The fraction of sp³-hybridized carbons (Fsp3) is 0.0909. The zero-order valence-corrected chi connectivity index (χ0v) is 17.3. The molecule has 5 aromatic rings. The first-order valence-electron chi connectivity index (χ1n) is 9.65. The number of nitrogens with zero attached hydrogens (tertiary/aromatic N) is 4. The second-order valence-electron chi connectivity index (χ2n) is 7.19. The van der Waals surface area contributed by atoms with Gasteiger partial charge in [-0.3, -0.25) is 9.89 Å². The topological polar surface area (TPSA) is 114 Å². The maximum atomic E-state index is 13.1. The van der Waals surface area contributed by atoms with E-state index in [-0.39, 0.29) is 23.3 Å². The van der Waals surface area contributed by atoms with E-state index in [1.807, 2.05) is 43.3 Å². The molecular weight excluding hydrogens is 414 g/mol. The molecule has 1 atom stereocenters. The summed E-state index contributed by atoms with van der Waals surface area (Å²) in [7, 11) is 0. The van der Waals surface area contributed by atoms with E-state index in [1.54, 1.807) is 24.7 Å². The minimum atomic E-state index is -0.383. The number of fused-ring (bicyclic) bond motifs is 2. The molecule has 3 heterocycles. The van der Waals surface area contributed by atoms with Crippen LogP contribution < -0.4 is 11.1 Å². The minimum absolute atomic E-state index is 0.119. The Kier molecular flexibility index (Phi) is 4.56. The fourth-order valence-corrected chi connectivity index (χ4v) is 4.07. The van der Waals surface area contributed by atoms with Crippen LogP contribution in [0.5, 0.6) is 0 Å². The number of carbonyl (C=O) groups is 1. The monoisotopic (exact) mass is 431 g/mol. The zero-order chi connectivity index (χ0) is 21.5.